The number of benzene rings is 1. The molecule has 2 aromatic rings. The van der Waals surface area contributed by atoms with E-state index in [2.05, 4.69) is 20.3 Å². The molecule has 32 heavy (non-hydrogen) atoms. The second kappa shape index (κ2) is 9.14. The van der Waals surface area contributed by atoms with Gasteiger partial charge in [0, 0.05) is 27.2 Å². The monoisotopic (exact) mass is 479 g/mol. The Kier molecular flexibility index (Phi) is 6.89. The smallest absolute Gasteiger partial charge is 0.279 e. The molecule has 0 unspecified atom stereocenters. The van der Waals surface area contributed by atoms with Gasteiger partial charge in [-0.15, -0.1) is 0 Å². The summed E-state index contributed by atoms with van der Waals surface area (Å²) < 4.78 is 28.1. The Labute approximate surface area is 192 Å². The molecule has 0 saturated carbocycles. The molecule has 9 nitrogen and oxygen atoms in total. The molecule has 0 radical (unpaired) electrons. The van der Waals surface area contributed by atoms with Crippen LogP contribution in [0.25, 0.3) is 0 Å². The summed E-state index contributed by atoms with van der Waals surface area (Å²) in [5.41, 5.74) is 0.912. The summed E-state index contributed by atoms with van der Waals surface area (Å²) in [4.78, 5) is 29.9. The molecule has 1 aromatic carbocycles. The zero-order valence-corrected chi connectivity index (χ0v) is 19.8. The lowest BCUT2D eigenvalue weighted by molar-refractivity contribution is -0.125. The molecule has 1 aromatic heterocycles. The second-order valence-corrected chi connectivity index (χ2v) is 10.1. The number of pyridine rings is 1. The zero-order chi connectivity index (χ0) is 23.7. The van der Waals surface area contributed by atoms with Gasteiger partial charge in [-0.25, -0.2) is 9.71 Å². The fraction of sp³-hybridized carbons (Fsp3) is 0.381. The van der Waals surface area contributed by atoms with Crippen molar-refractivity contribution in [1.29, 1.82) is 0 Å². The number of nitrogens with one attached hydrogen (secondary N) is 3. The number of hydrogen-bond acceptors (Lipinski definition) is 5. The summed E-state index contributed by atoms with van der Waals surface area (Å²) in [7, 11) is -0.909. The van der Waals surface area contributed by atoms with Crippen LogP contribution >= 0.6 is 11.6 Å². The largest absolute Gasteiger partial charge is 0.355 e. The highest BCUT2D eigenvalue weighted by Crippen LogP contribution is 2.41. The fourth-order valence-corrected chi connectivity index (χ4v) is 5.02. The predicted octanol–water partition coefficient (Wildman–Crippen LogP) is 1.87. The maximum atomic E-state index is 13.7. The van der Waals surface area contributed by atoms with E-state index in [4.69, 9.17) is 11.6 Å². The summed E-state index contributed by atoms with van der Waals surface area (Å²) in [6.45, 7) is 3.94. The molecule has 0 bridgehead atoms. The van der Waals surface area contributed by atoms with Crippen molar-refractivity contribution in [3.05, 3.63) is 58.4 Å². The molecule has 172 valence electrons. The first-order valence-corrected chi connectivity index (χ1v) is 11.8. The molecule has 0 spiro atoms. The van der Waals surface area contributed by atoms with E-state index in [-0.39, 0.29) is 35.4 Å². The molecule has 3 rings (SSSR count). The van der Waals surface area contributed by atoms with Crippen molar-refractivity contribution in [2.45, 2.75) is 25.2 Å². The van der Waals surface area contributed by atoms with Crippen molar-refractivity contribution in [3.63, 3.8) is 0 Å². The van der Waals surface area contributed by atoms with Gasteiger partial charge in [0.2, 0.25) is 5.91 Å². The van der Waals surface area contributed by atoms with Crippen LogP contribution in [-0.4, -0.2) is 56.7 Å². The van der Waals surface area contributed by atoms with E-state index in [1.165, 1.54) is 30.7 Å². The Balaban J connectivity index is 2.05. The summed E-state index contributed by atoms with van der Waals surface area (Å²) in [5, 5.41) is 5.40. The van der Waals surface area contributed by atoms with Crippen LogP contribution in [0.2, 0.25) is 5.15 Å². The Hall–Kier alpha value is -2.53. The van der Waals surface area contributed by atoms with Crippen LogP contribution in [0.15, 0.2) is 36.5 Å². The van der Waals surface area contributed by atoms with E-state index < -0.39 is 27.4 Å². The summed E-state index contributed by atoms with van der Waals surface area (Å²) in [6, 6.07) is 8.86. The minimum Gasteiger partial charge on any atom is -0.355 e. The molecule has 1 aliphatic rings. The molecular formula is C21H26ClN5O4S. The van der Waals surface area contributed by atoms with E-state index in [1.54, 1.807) is 0 Å². The first-order chi connectivity index (χ1) is 15.1. The Bertz CT molecular complexity index is 1150. The average molecular weight is 480 g/mol. The lowest BCUT2D eigenvalue weighted by Crippen LogP contribution is -2.67. The number of carbonyl (C=O) groups is 2. The Morgan fingerprint density at radius 2 is 1.84 bits per heavy atom. The van der Waals surface area contributed by atoms with E-state index in [0.717, 1.165) is 11.1 Å². The topological polar surface area (TPSA) is 120 Å². The van der Waals surface area contributed by atoms with Gasteiger partial charge in [0.15, 0.2) is 0 Å². The summed E-state index contributed by atoms with van der Waals surface area (Å²) in [6.07, 6.45) is 1.31. The number of hydrogen-bond donors (Lipinski definition) is 3. The SMILES string of the molecule is CNC(=O)c1cc(Cl)ncc1NC(=O)C1(c2ccccc2C(C)C)CN(S(=O)(=O)NC)C1. The first-order valence-electron chi connectivity index (χ1n) is 10.0. The standard InChI is InChI=1S/C21H26ClN5O4S/c1-13(2)14-7-5-6-8-16(14)21(11-27(12-21)32(30,31)24-4)20(29)26-17-10-25-18(22)9-15(17)19(28)23-3/h5-10,13,24H,11-12H2,1-4H3,(H,23,28)(H,26,29). The van der Waals surface area contributed by atoms with E-state index in [0.29, 0.717) is 0 Å². The summed E-state index contributed by atoms with van der Waals surface area (Å²) in [5.74, 6) is -0.749. The molecule has 2 amide bonds. The molecule has 3 N–H and O–H groups in total. The molecular weight excluding hydrogens is 454 g/mol. The maximum absolute atomic E-state index is 13.7. The highest BCUT2D eigenvalue weighted by molar-refractivity contribution is 7.87. The molecule has 2 heterocycles. The van der Waals surface area contributed by atoms with Crippen LogP contribution in [-0.2, 0) is 20.4 Å². The number of halogens is 1. The van der Waals surface area contributed by atoms with Crippen molar-refractivity contribution in [3.8, 4) is 0 Å². The van der Waals surface area contributed by atoms with Gasteiger partial charge in [-0.3, -0.25) is 9.59 Å². The lowest BCUT2D eigenvalue weighted by atomic mass is 9.71. The van der Waals surface area contributed by atoms with Crippen molar-refractivity contribution >= 4 is 39.3 Å². The van der Waals surface area contributed by atoms with Crippen LogP contribution in [0.1, 0.15) is 41.3 Å². The Morgan fingerprint density at radius 3 is 2.44 bits per heavy atom. The van der Waals surface area contributed by atoms with E-state index in [1.807, 2.05) is 38.1 Å². The highest BCUT2D eigenvalue weighted by atomic mass is 35.5. The number of nitrogens with zero attached hydrogens (tertiary/aromatic N) is 2. The van der Waals surface area contributed by atoms with Gasteiger partial charge in [0.05, 0.1) is 17.4 Å². The lowest BCUT2D eigenvalue weighted by Gasteiger charge is -2.48. The van der Waals surface area contributed by atoms with Crippen LogP contribution in [0.3, 0.4) is 0 Å². The average Bonchev–Trinajstić information content (AvgIpc) is 2.73. The van der Waals surface area contributed by atoms with E-state index in [9.17, 15) is 18.0 Å². The number of carbonyl (C=O) groups excluding carboxylic acids is 2. The number of anilines is 1. The molecule has 0 atom stereocenters. The van der Waals surface area contributed by atoms with Crippen LogP contribution in [0.4, 0.5) is 5.69 Å². The van der Waals surface area contributed by atoms with Gasteiger partial charge in [0.25, 0.3) is 16.1 Å². The van der Waals surface area contributed by atoms with Gasteiger partial charge in [-0.05, 0) is 23.1 Å². The molecule has 1 fully saturated rings. The normalized spacial score (nSPS) is 15.8. The third kappa shape index (κ3) is 4.36. The quantitative estimate of drug-likeness (QED) is 0.523. The molecule has 1 saturated heterocycles. The van der Waals surface area contributed by atoms with Gasteiger partial charge in [0.1, 0.15) is 10.6 Å². The van der Waals surface area contributed by atoms with Crippen molar-refractivity contribution in [2.24, 2.45) is 0 Å². The molecule has 11 heteroatoms. The van der Waals surface area contributed by atoms with Gasteiger partial charge in [-0.2, -0.15) is 12.7 Å². The first kappa shape index (κ1) is 24.1. The van der Waals surface area contributed by atoms with Crippen molar-refractivity contribution < 1.29 is 18.0 Å². The minimum absolute atomic E-state index is 0.0396. The molecule has 1 aliphatic heterocycles. The number of rotatable bonds is 7. The van der Waals surface area contributed by atoms with Crippen LogP contribution in [0.5, 0.6) is 0 Å². The van der Waals surface area contributed by atoms with Gasteiger partial charge in [-0.1, -0.05) is 49.7 Å². The van der Waals surface area contributed by atoms with Crippen molar-refractivity contribution in [1.82, 2.24) is 19.3 Å². The number of amides is 2. The van der Waals surface area contributed by atoms with Gasteiger partial charge >= 0.3 is 0 Å². The third-order valence-electron chi connectivity index (χ3n) is 5.61. The van der Waals surface area contributed by atoms with Crippen molar-refractivity contribution in [2.75, 3.05) is 32.5 Å². The van der Waals surface area contributed by atoms with Crippen LogP contribution < -0.4 is 15.4 Å². The Morgan fingerprint density at radius 1 is 1.19 bits per heavy atom. The van der Waals surface area contributed by atoms with E-state index >= 15 is 0 Å². The maximum Gasteiger partial charge on any atom is 0.279 e. The minimum atomic E-state index is -3.70. The second-order valence-electron chi connectivity index (χ2n) is 7.89. The highest BCUT2D eigenvalue weighted by Gasteiger charge is 2.55. The third-order valence-corrected chi connectivity index (χ3v) is 7.27. The van der Waals surface area contributed by atoms with Gasteiger partial charge < -0.3 is 10.6 Å². The van der Waals surface area contributed by atoms with Crippen LogP contribution in [0, 0.1) is 0 Å². The predicted molar refractivity (Wildman–Crippen MR) is 123 cm³/mol. The molecule has 0 aliphatic carbocycles. The number of aromatic nitrogens is 1. The summed E-state index contributed by atoms with van der Waals surface area (Å²) >= 11 is 5.94. The zero-order valence-electron chi connectivity index (χ0n) is 18.3. The fourth-order valence-electron chi connectivity index (χ4n) is 3.82.